The summed E-state index contributed by atoms with van der Waals surface area (Å²) in [7, 11) is 0. The molecule has 82 valence electrons. The van der Waals surface area contributed by atoms with Crippen molar-refractivity contribution < 1.29 is 0 Å². The Morgan fingerprint density at radius 1 is 1.21 bits per heavy atom. The molecule has 3 atom stereocenters. The molecule has 0 saturated carbocycles. The van der Waals surface area contributed by atoms with Crippen molar-refractivity contribution in [3.8, 4) is 0 Å². The first kappa shape index (κ1) is 11.8. The van der Waals surface area contributed by atoms with E-state index in [0.29, 0.717) is 5.41 Å². The fourth-order valence-electron chi connectivity index (χ4n) is 2.71. The molecule has 1 rings (SSSR count). The molecule has 0 aromatic carbocycles. The predicted molar refractivity (Wildman–Crippen MR) is 64.3 cm³/mol. The fourth-order valence-corrected chi connectivity index (χ4v) is 2.71. The summed E-state index contributed by atoms with van der Waals surface area (Å²) in [6.07, 6.45) is 5.03. The first-order chi connectivity index (χ1) is 6.32. The van der Waals surface area contributed by atoms with Crippen molar-refractivity contribution >= 4 is 0 Å². The average Bonchev–Trinajstić information content (AvgIpc) is 2.17. The Morgan fingerprint density at radius 2 is 1.79 bits per heavy atom. The molecule has 0 bridgehead atoms. The Kier molecular flexibility index (Phi) is 3.44. The molecule has 14 heavy (non-hydrogen) atoms. The lowest BCUT2D eigenvalue weighted by atomic mass is 9.68. The Labute approximate surface area is 89.8 Å². The zero-order chi connectivity index (χ0) is 10.9. The number of hydrogen-bond acceptors (Lipinski definition) is 0. The summed E-state index contributed by atoms with van der Waals surface area (Å²) in [5.74, 6) is 2.54. The van der Waals surface area contributed by atoms with Crippen LogP contribution >= 0.6 is 0 Å². The van der Waals surface area contributed by atoms with Gasteiger partial charge < -0.3 is 0 Å². The van der Waals surface area contributed by atoms with Gasteiger partial charge in [0.05, 0.1) is 0 Å². The third kappa shape index (κ3) is 2.62. The molecule has 3 unspecified atom stereocenters. The van der Waals surface area contributed by atoms with E-state index in [-0.39, 0.29) is 0 Å². The van der Waals surface area contributed by atoms with Crippen LogP contribution in [0.5, 0.6) is 0 Å². The summed E-state index contributed by atoms with van der Waals surface area (Å²) in [4.78, 5) is 0. The molecule has 0 amide bonds. The minimum absolute atomic E-state index is 0.452. The number of rotatable bonds is 0. The Bertz CT molecular complexity index is 217. The van der Waals surface area contributed by atoms with E-state index >= 15 is 0 Å². The summed E-state index contributed by atoms with van der Waals surface area (Å²) >= 11 is 0. The van der Waals surface area contributed by atoms with Crippen LogP contribution in [0, 0.1) is 23.2 Å². The van der Waals surface area contributed by atoms with E-state index in [4.69, 9.17) is 0 Å². The van der Waals surface area contributed by atoms with Gasteiger partial charge in [-0.1, -0.05) is 46.3 Å². The molecule has 0 fully saturated rings. The van der Waals surface area contributed by atoms with Crippen LogP contribution in [0.25, 0.3) is 0 Å². The number of hydrogen-bond donors (Lipinski definition) is 0. The lowest BCUT2D eigenvalue weighted by Gasteiger charge is -2.37. The van der Waals surface area contributed by atoms with Gasteiger partial charge >= 0.3 is 0 Å². The Morgan fingerprint density at radius 3 is 2.29 bits per heavy atom. The van der Waals surface area contributed by atoms with Crippen LogP contribution < -0.4 is 0 Å². The van der Waals surface area contributed by atoms with Crippen LogP contribution in [0.1, 0.15) is 54.4 Å². The van der Waals surface area contributed by atoms with Crippen LogP contribution in [-0.2, 0) is 0 Å². The van der Waals surface area contributed by atoms with Crippen molar-refractivity contribution in [2.45, 2.75) is 54.4 Å². The minimum Gasteiger partial charge on any atom is -0.0853 e. The lowest BCUT2D eigenvalue weighted by Crippen LogP contribution is -2.29. The summed E-state index contributed by atoms with van der Waals surface area (Å²) < 4.78 is 0. The maximum Gasteiger partial charge on any atom is -0.0287 e. The highest BCUT2D eigenvalue weighted by molar-refractivity contribution is 5.05. The van der Waals surface area contributed by atoms with Crippen LogP contribution in [0.4, 0.5) is 0 Å². The van der Waals surface area contributed by atoms with Crippen LogP contribution in [0.2, 0.25) is 0 Å². The molecule has 0 N–H and O–H groups in total. The van der Waals surface area contributed by atoms with E-state index < -0.39 is 0 Å². The van der Waals surface area contributed by atoms with Gasteiger partial charge in [-0.3, -0.25) is 0 Å². The maximum absolute atomic E-state index is 2.45. The lowest BCUT2D eigenvalue weighted by molar-refractivity contribution is 0.133. The second kappa shape index (κ2) is 4.08. The molecule has 0 nitrogen and oxygen atoms in total. The third-order valence-corrected chi connectivity index (χ3v) is 4.02. The highest BCUT2D eigenvalue weighted by Crippen LogP contribution is 2.42. The van der Waals surface area contributed by atoms with E-state index in [1.165, 1.54) is 12.8 Å². The molecule has 0 heterocycles. The summed E-state index contributed by atoms with van der Waals surface area (Å²) in [6.45, 7) is 14.3. The van der Waals surface area contributed by atoms with Crippen molar-refractivity contribution in [1.29, 1.82) is 0 Å². The highest BCUT2D eigenvalue weighted by Gasteiger charge is 2.33. The van der Waals surface area contributed by atoms with Crippen molar-refractivity contribution in [2.24, 2.45) is 23.2 Å². The van der Waals surface area contributed by atoms with Gasteiger partial charge in [0.1, 0.15) is 0 Å². The normalized spacial score (nSPS) is 35.0. The first-order valence-electron chi connectivity index (χ1n) is 5.98. The summed E-state index contributed by atoms with van der Waals surface area (Å²) in [5, 5.41) is 0. The molecule has 1 aliphatic rings. The topological polar surface area (TPSA) is 0 Å². The SMILES string of the molecule is CC1=CCC(C)C(C)C(C(C)(C)C)C1. The molecule has 0 aliphatic heterocycles. The third-order valence-electron chi connectivity index (χ3n) is 4.02. The second-order valence-corrected chi connectivity index (χ2v) is 6.30. The monoisotopic (exact) mass is 194 g/mol. The van der Waals surface area contributed by atoms with Crippen LogP contribution in [0.15, 0.2) is 11.6 Å². The Balaban J connectivity index is 2.87. The molecule has 0 radical (unpaired) electrons. The summed E-state index contributed by atoms with van der Waals surface area (Å²) in [5.41, 5.74) is 2.05. The van der Waals surface area contributed by atoms with Gasteiger partial charge in [-0.25, -0.2) is 0 Å². The van der Waals surface area contributed by atoms with Gasteiger partial charge in [0.15, 0.2) is 0 Å². The zero-order valence-electron chi connectivity index (χ0n) is 10.7. The van der Waals surface area contributed by atoms with E-state index in [1.54, 1.807) is 5.57 Å². The van der Waals surface area contributed by atoms with Crippen molar-refractivity contribution in [3.63, 3.8) is 0 Å². The average molecular weight is 194 g/mol. The van der Waals surface area contributed by atoms with Gasteiger partial charge in [-0.2, -0.15) is 0 Å². The maximum atomic E-state index is 2.45. The quantitative estimate of drug-likeness (QED) is 0.492. The molecule has 0 aromatic heterocycles. The number of allylic oxidation sites excluding steroid dienone is 2. The fraction of sp³-hybridized carbons (Fsp3) is 0.857. The first-order valence-corrected chi connectivity index (χ1v) is 5.98. The van der Waals surface area contributed by atoms with Gasteiger partial charge in [-0.15, -0.1) is 0 Å². The molecule has 0 spiro atoms. The molecule has 0 saturated heterocycles. The second-order valence-electron chi connectivity index (χ2n) is 6.30. The molecule has 0 heteroatoms. The van der Waals surface area contributed by atoms with Gasteiger partial charge in [0.25, 0.3) is 0 Å². The molecular weight excluding hydrogens is 168 g/mol. The minimum atomic E-state index is 0.452. The molecular formula is C14H26. The highest BCUT2D eigenvalue weighted by atomic mass is 14.4. The standard InChI is InChI=1S/C14H26/c1-10-7-8-11(2)12(3)13(9-10)14(4,5)6/h7,11-13H,8-9H2,1-6H3. The van der Waals surface area contributed by atoms with Crippen LogP contribution in [-0.4, -0.2) is 0 Å². The Hall–Kier alpha value is -0.260. The van der Waals surface area contributed by atoms with Crippen LogP contribution in [0.3, 0.4) is 0 Å². The van der Waals surface area contributed by atoms with Gasteiger partial charge in [0, 0.05) is 0 Å². The molecule has 1 aliphatic carbocycles. The van der Waals surface area contributed by atoms with E-state index in [2.05, 4.69) is 47.6 Å². The summed E-state index contributed by atoms with van der Waals surface area (Å²) in [6, 6.07) is 0. The molecule has 0 aromatic rings. The zero-order valence-corrected chi connectivity index (χ0v) is 10.7. The smallest absolute Gasteiger partial charge is 0.0287 e. The van der Waals surface area contributed by atoms with Gasteiger partial charge in [0.2, 0.25) is 0 Å². The van der Waals surface area contributed by atoms with Crippen molar-refractivity contribution in [3.05, 3.63) is 11.6 Å². The van der Waals surface area contributed by atoms with E-state index in [9.17, 15) is 0 Å². The van der Waals surface area contributed by atoms with E-state index in [1.807, 2.05) is 0 Å². The van der Waals surface area contributed by atoms with Crippen molar-refractivity contribution in [2.75, 3.05) is 0 Å². The van der Waals surface area contributed by atoms with Gasteiger partial charge in [-0.05, 0) is 42.9 Å². The van der Waals surface area contributed by atoms with Crippen molar-refractivity contribution in [1.82, 2.24) is 0 Å². The van der Waals surface area contributed by atoms with E-state index in [0.717, 1.165) is 17.8 Å². The predicted octanol–water partition coefficient (Wildman–Crippen LogP) is 4.66. The largest absolute Gasteiger partial charge is 0.0853 e.